The molecule has 0 unspecified atom stereocenters. The molecule has 5 heteroatoms. The van der Waals surface area contributed by atoms with Gasteiger partial charge in [-0.25, -0.2) is 4.98 Å². The fraction of sp³-hybridized carbons (Fsp3) is 0.667. The first-order valence-electron chi connectivity index (χ1n) is 5.99. The van der Waals surface area contributed by atoms with Gasteiger partial charge in [0, 0.05) is 18.0 Å². The number of esters is 1. The molecule has 0 atom stereocenters. The summed E-state index contributed by atoms with van der Waals surface area (Å²) < 4.78 is 4.99. The zero-order chi connectivity index (χ0) is 12.3. The number of aryl methyl sites for hydroxylation is 1. The first kappa shape index (κ1) is 12.5. The second-order valence-electron chi connectivity index (χ2n) is 4.30. The molecule has 2 rings (SSSR count). The van der Waals surface area contributed by atoms with Crippen molar-refractivity contribution < 1.29 is 9.53 Å². The lowest BCUT2D eigenvalue weighted by molar-refractivity contribution is -0.144. The molecule has 0 aliphatic heterocycles. The number of ether oxygens (including phenoxy) is 1. The van der Waals surface area contributed by atoms with E-state index in [1.807, 2.05) is 13.8 Å². The lowest BCUT2D eigenvalue weighted by atomic mass is 10.4. The molecule has 1 saturated carbocycles. The minimum absolute atomic E-state index is 0.133. The van der Waals surface area contributed by atoms with Crippen LogP contribution in [0.25, 0.3) is 0 Å². The summed E-state index contributed by atoms with van der Waals surface area (Å²) in [6.07, 6.45) is 2.37. The fourth-order valence-corrected chi connectivity index (χ4v) is 2.42. The zero-order valence-corrected chi connectivity index (χ0v) is 11.1. The summed E-state index contributed by atoms with van der Waals surface area (Å²) in [4.78, 5) is 18.1. The number of nitrogens with zero attached hydrogens (tertiary/aromatic N) is 2. The van der Waals surface area contributed by atoms with Crippen LogP contribution in [0.5, 0.6) is 0 Å². The molecule has 1 aliphatic carbocycles. The van der Waals surface area contributed by atoms with Crippen LogP contribution in [0, 0.1) is 6.92 Å². The first-order chi connectivity index (χ1) is 8.19. The Kier molecular flexibility index (Phi) is 4.12. The Morgan fingerprint density at radius 3 is 2.94 bits per heavy atom. The van der Waals surface area contributed by atoms with Gasteiger partial charge in [-0.05, 0) is 26.7 Å². The number of carbonyl (C=O) groups is 1. The van der Waals surface area contributed by atoms with Crippen LogP contribution in [0.1, 0.15) is 30.5 Å². The van der Waals surface area contributed by atoms with Crippen LogP contribution >= 0.6 is 11.3 Å². The summed E-state index contributed by atoms with van der Waals surface area (Å²) in [6, 6.07) is 0.543. The number of hydrogen-bond donors (Lipinski definition) is 0. The fourth-order valence-electron chi connectivity index (χ4n) is 1.82. The van der Waals surface area contributed by atoms with E-state index in [0.717, 1.165) is 17.2 Å². The van der Waals surface area contributed by atoms with Gasteiger partial charge in [0.05, 0.1) is 23.9 Å². The van der Waals surface area contributed by atoms with E-state index in [0.29, 0.717) is 19.2 Å². The largest absolute Gasteiger partial charge is 0.465 e. The number of aromatic nitrogens is 1. The zero-order valence-electron chi connectivity index (χ0n) is 10.3. The van der Waals surface area contributed by atoms with Crippen LogP contribution in [0.4, 0.5) is 0 Å². The maximum atomic E-state index is 11.5. The molecule has 4 nitrogen and oxygen atoms in total. The van der Waals surface area contributed by atoms with Crippen molar-refractivity contribution in [2.75, 3.05) is 13.2 Å². The molecule has 0 spiro atoms. The molecule has 1 heterocycles. The van der Waals surface area contributed by atoms with Crippen molar-refractivity contribution in [3.05, 3.63) is 16.1 Å². The Bertz CT molecular complexity index is 388. The summed E-state index contributed by atoms with van der Waals surface area (Å²) in [5.41, 5.74) is 1.06. The molecule has 0 radical (unpaired) electrons. The Morgan fingerprint density at radius 2 is 2.41 bits per heavy atom. The van der Waals surface area contributed by atoms with Crippen LogP contribution in [-0.4, -0.2) is 35.0 Å². The highest BCUT2D eigenvalue weighted by Crippen LogP contribution is 2.28. The maximum Gasteiger partial charge on any atom is 0.320 e. The molecule has 1 aliphatic rings. The first-order valence-corrected chi connectivity index (χ1v) is 6.87. The maximum absolute atomic E-state index is 11.5. The average molecular weight is 254 g/mol. The minimum atomic E-state index is -0.133. The molecule has 17 heavy (non-hydrogen) atoms. The van der Waals surface area contributed by atoms with Crippen LogP contribution in [0.15, 0.2) is 5.38 Å². The molecule has 1 fully saturated rings. The molecule has 0 N–H and O–H groups in total. The third-order valence-electron chi connectivity index (χ3n) is 2.73. The standard InChI is InChI=1S/C12H18N2O2S/c1-3-16-12(15)7-14(11-4-5-11)6-10-8-17-9(2)13-10/h8,11H,3-7H2,1-2H3. The smallest absolute Gasteiger partial charge is 0.320 e. The van der Waals surface area contributed by atoms with E-state index in [2.05, 4.69) is 15.3 Å². The van der Waals surface area contributed by atoms with Gasteiger partial charge in [0.1, 0.15) is 0 Å². The quantitative estimate of drug-likeness (QED) is 0.728. The molecular weight excluding hydrogens is 236 g/mol. The van der Waals surface area contributed by atoms with E-state index in [1.165, 1.54) is 12.8 Å². The van der Waals surface area contributed by atoms with Crippen LogP contribution in [-0.2, 0) is 16.1 Å². The van der Waals surface area contributed by atoms with Crippen molar-refractivity contribution in [3.8, 4) is 0 Å². The minimum Gasteiger partial charge on any atom is -0.465 e. The molecule has 0 aromatic carbocycles. The molecular formula is C12H18N2O2S. The normalized spacial score (nSPS) is 15.2. The Hall–Kier alpha value is -0.940. The van der Waals surface area contributed by atoms with Crippen molar-refractivity contribution in [3.63, 3.8) is 0 Å². The number of rotatable bonds is 6. The second kappa shape index (κ2) is 5.60. The molecule has 94 valence electrons. The molecule has 1 aromatic heterocycles. The summed E-state index contributed by atoms with van der Waals surface area (Å²) in [6.45, 7) is 5.43. The number of hydrogen-bond acceptors (Lipinski definition) is 5. The van der Waals surface area contributed by atoms with Crippen molar-refractivity contribution in [1.29, 1.82) is 0 Å². The number of thiazole rings is 1. The van der Waals surface area contributed by atoms with Crippen LogP contribution in [0.2, 0.25) is 0 Å². The van der Waals surface area contributed by atoms with Crippen molar-refractivity contribution >= 4 is 17.3 Å². The van der Waals surface area contributed by atoms with Gasteiger partial charge in [-0.15, -0.1) is 11.3 Å². The summed E-state index contributed by atoms with van der Waals surface area (Å²) in [7, 11) is 0. The van der Waals surface area contributed by atoms with E-state index >= 15 is 0 Å². The Labute approximate surface area is 106 Å². The third kappa shape index (κ3) is 3.78. The average Bonchev–Trinajstić information content (AvgIpc) is 3.03. The van der Waals surface area contributed by atoms with Gasteiger partial charge < -0.3 is 4.74 Å². The van der Waals surface area contributed by atoms with Gasteiger partial charge >= 0.3 is 5.97 Å². The summed E-state index contributed by atoms with van der Waals surface area (Å²) in [5.74, 6) is -0.133. The van der Waals surface area contributed by atoms with E-state index in [4.69, 9.17) is 4.74 Å². The Balaban J connectivity index is 1.91. The van der Waals surface area contributed by atoms with E-state index in [-0.39, 0.29) is 5.97 Å². The molecule has 1 aromatic rings. The predicted molar refractivity (Wildman–Crippen MR) is 66.9 cm³/mol. The summed E-state index contributed by atoms with van der Waals surface area (Å²) in [5, 5.41) is 3.14. The van der Waals surface area contributed by atoms with E-state index in [9.17, 15) is 4.79 Å². The van der Waals surface area contributed by atoms with Crippen molar-refractivity contribution in [1.82, 2.24) is 9.88 Å². The van der Waals surface area contributed by atoms with Gasteiger partial charge in [0.2, 0.25) is 0 Å². The predicted octanol–water partition coefficient (Wildman–Crippen LogP) is 1.98. The highest BCUT2D eigenvalue weighted by molar-refractivity contribution is 7.09. The monoisotopic (exact) mass is 254 g/mol. The highest BCUT2D eigenvalue weighted by Gasteiger charge is 2.31. The topological polar surface area (TPSA) is 42.4 Å². The molecule has 0 saturated heterocycles. The van der Waals surface area contributed by atoms with Gasteiger partial charge in [0.15, 0.2) is 0 Å². The third-order valence-corrected chi connectivity index (χ3v) is 3.55. The van der Waals surface area contributed by atoms with Gasteiger partial charge in [-0.1, -0.05) is 0 Å². The summed E-state index contributed by atoms with van der Waals surface area (Å²) >= 11 is 1.65. The lowest BCUT2D eigenvalue weighted by Gasteiger charge is -2.19. The van der Waals surface area contributed by atoms with Gasteiger partial charge in [-0.2, -0.15) is 0 Å². The van der Waals surface area contributed by atoms with Crippen molar-refractivity contribution in [2.45, 2.75) is 39.3 Å². The lowest BCUT2D eigenvalue weighted by Crippen LogP contribution is -2.32. The second-order valence-corrected chi connectivity index (χ2v) is 5.36. The SMILES string of the molecule is CCOC(=O)CN(Cc1csc(C)n1)C1CC1. The van der Waals surface area contributed by atoms with Gasteiger partial charge in [0.25, 0.3) is 0 Å². The van der Waals surface area contributed by atoms with Gasteiger partial charge in [-0.3, -0.25) is 9.69 Å². The Morgan fingerprint density at radius 1 is 1.65 bits per heavy atom. The van der Waals surface area contributed by atoms with Crippen molar-refractivity contribution in [2.24, 2.45) is 0 Å². The highest BCUT2D eigenvalue weighted by atomic mass is 32.1. The van der Waals surface area contributed by atoms with E-state index in [1.54, 1.807) is 11.3 Å². The van der Waals surface area contributed by atoms with Crippen LogP contribution in [0.3, 0.4) is 0 Å². The van der Waals surface area contributed by atoms with Crippen LogP contribution < -0.4 is 0 Å². The molecule has 0 amide bonds. The van der Waals surface area contributed by atoms with E-state index < -0.39 is 0 Å². The molecule has 0 bridgehead atoms. The number of carbonyl (C=O) groups excluding carboxylic acids is 1.